The highest BCUT2D eigenvalue weighted by atomic mass is 35.5. The lowest BCUT2D eigenvalue weighted by molar-refractivity contribution is -0.137. The molecule has 4 nitrogen and oxygen atoms in total. The lowest BCUT2D eigenvalue weighted by Crippen LogP contribution is -2.40. The van der Waals surface area contributed by atoms with Gasteiger partial charge in [0.1, 0.15) is 5.82 Å². The molecule has 29 heavy (non-hydrogen) atoms. The molecule has 1 unspecified atom stereocenters. The molecule has 6 heteroatoms. The van der Waals surface area contributed by atoms with Crippen molar-refractivity contribution >= 4 is 23.2 Å². The summed E-state index contributed by atoms with van der Waals surface area (Å²) in [5.74, 6) is -0.0989. The Balaban J connectivity index is 1.45. The number of benzene rings is 2. The Labute approximate surface area is 175 Å². The lowest BCUT2D eigenvalue weighted by atomic mass is 10.0. The maximum atomic E-state index is 13.6. The van der Waals surface area contributed by atoms with Gasteiger partial charge in [-0.25, -0.2) is 4.39 Å². The second kappa shape index (κ2) is 8.95. The fourth-order valence-electron chi connectivity index (χ4n) is 4.10. The number of oxime groups is 1. The van der Waals surface area contributed by atoms with E-state index in [1.807, 2.05) is 35.2 Å². The summed E-state index contributed by atoms with van der Waals surface area (Å²) in [5.41, 5.74) is 2.61. The zero-order valence-corrected chi connectivity index (χ0v) is 16.9. The largest absolute Gasteiger partial charge is 0.390 e. The predicted molar refractivity (Wildman–Crippen MR) is 111 cm³/mol. The van der Waals surface area contributed by atoms with Crippen LogP contribution in [0.15, 0.2) is 53.7 Å². The number of halogens is 2. The van der Waals surface area contributed by atoms with Gasteiger partial charge in [-0.05, 0) is 48.2 Å². The van der Waals surface area contributed by atoms with Crippen molar-refractivity contribution in [3.63, 3.8) is 0 Å². The summed E-state index contributed by atoms with van der Waals surface area (Å²) in [6.07, 6.45) is 4.45. The number of carbonyl (C=O) groups is 1. The van der Waals surface area contributed by atoms with Crippen molar-refractivity contribution in [2.45, 2.75) is 44.8 Å². The molecule has 0 radical (unpaired) electrons. The average molecular weight is 415 g/mol. The highest BCUT2D eigenvalue weighted by Gasteiger charge is 2.31. The topological polar surface area (TPSA) is 41.9 Å². The summed E-state index contributed by atoms with van der Waals surface area (Å²) in [7, 11) is 0. The molecule has 152 valence electrons. The van der Waals surface area contributed by atoms with Gasteiger partial charge in [-0.15, -0.1) is 0 Å². The molecule has 1 fully saturated rings. The first kappa shape index (κ1) is 19.9. The van der Waals surface area contributed by atoms with Crippen LogP contribution in [0.25, 0.3) is 0 Å². The third-order valence-corrected chi connectivity index (χ3v) is 5.86. The summed E-state index contributed by atoms with van der Waals surface area (Å²) in [5, 5.41) is 4.90. The van der Waals surface area contributed by atoms with Crippen LogP contribution in [0.5, 0.6) is 0 Å². The fraction of sp³-hybridized carbons (Fsp3) is 0.391. The quantitative estimate of drug-likeness (QED) is 0.652. The second-order valence-electron chi connectivity index (χ2n) is 7.81. The van der Waals surface area contributed by atoms with E-state index in [1.165, 1.54) is 12.1 Å². The van der Waals surface area contributed by atoms with Gasteiger partial charge in [-0.2, -0.15) is 0 Å². The highest BCUT2D eigenvalue weighted by molar-refractivity contribution is 6.30. The molecular formula is C23H24ClFN2O2. The molecule has 1 aliphatic heterocycles. The minimum absolute atomic E-state index is 0.0571. The fourth-order valence-corrected chi connectivity index (χ4v) is 4.23. The van der Waals surface area contributed by atoms with Crippen LogP contribution < -0.4 is 0 Å². The molecule has 0 spiro atoms. The van der Waals surface area contributed by atoms with E-state index in [-0.39, 0.29) is 23.7 Å². The van der Waals surface area contributed by atoms with Gasteiger partial charge in [0.15, 0.2) is 6.10 Å². The third-order valence-electron chi connectivity index (χ3n) is 5.61. The zero-order valence-electron chi connectivity index (χ0n) is 16.2. The van der Waals surface area contributed by atoms with Gasteiger partial charge in [0, 0.05) is 23.9 Å². The first-order valence-electron chi connectivity index (χ1n) is 10.1. The Morgan fingerprint density at radius 1 is 1.17 bits per heavy atom. The smallest absolute Gasteiger partial charge is 0.226 e. The van der Waals surface area contributed by atoms with Crippen LogP contribution >= 0.6 is 11.6 Å². The van der Waals surface area contributed by atoms with Crippen molar-refractivity contribution in [3.05, 3.63) is 70.5 Å². The molecule has 1 saturated carbocycles. The average Bonchev–Trinajstić information content (AvgIpc) is 3.40. The van der Waals surface area contributed by atoms with Gasteiger partial charge < -0.3 is 9.74 Å². The number of rotatable bonds is 6. The number of amides is 1. The van der Waals surface area contributed by atoms with Crippen molar-refractivity contribution in [2.24, 2.45) is 11.1 Å². The zero-order chi connectivity index (χ0) is 20.2. The maximum absolute atomic E-state index is 13.6. The van der Waals surface area contributed by atoms with Crippen LogP contribution in [-0.2, 0) is 16.2 Å². The molecule has 0 bridgehead atoms. The normalized spacial score (nSPS) is 19.1. The summed E-state index contributed by atoms with van der Waals surface area (Å²) in [6, 6.07) is 13.9. The summed E-state index contributed by atoms with van der Waals surface area (Å²) in [4.78, 5) is 20.6. The predicted octanol–water partition coefficient (Wildman–Crippen LogP) is 5.19. The Kier molecular flexibility index (Phi) is 6.14. The molecular weight excluding hydrogens is 391 g/mol. The standard InChI is InChI=1S/C23H24ClFN2O2/c24-19-10-8-17(9-11-19)22-13-21(29-26-22)15-27(23(28)18-5-1-2-6-18)14-16-4-3-7-20(25)12-16/h3-4,7-12,18,21H,1-2,5-6,13-15H2. The molecule has 2 aromatic carbocycles. The van der Waals surface area contributed by atoms with Crippen LogP contribution in [0.4, 0.5) is 4.39 Å². The monoisotopic (exact) mass is 414 g/mol. The summed E-state index contributed by atoms with van der Waals surface area (Å²) >= 11 is 5.96. The number of carbonyl (C=O) groups excluding carboxylic acids is 1. The van der Waals surface area contributed by atoms with Gasteiger partial charge in [-0.1, -0.05) is 53.9 Å². The van der Waals surface area contributed by atoms with Crippen LogP contribution in [0, 0.1) is 11.7 Å². The highest BCUT2D eigenvalue weighted by Crippen LogP contribution is 2.28. The molecule has 1 atom stereocenters. The van der Waals surface area contributed by atoms with Gasteiger partial charge >= 0.3 is 0 Å². The van der Waals surface area contributed by atoms with E-state index < -0.39 is 0 Å². The van der Waals surface area contributed by atoms with Gasteiger partial charge in [-0.3, -0.25) is 4.79 Å². The second-order valence-corrected chi connectivity index (χ2v) is 8.24. The minimum Gasteiger partial charge on any atom is -0.390 e. The van der Waals surface area contributed by atoms with Crippen LogP contribution in [0.2, 0.25) is 5.02 Å². The van der Waals surface area contributed by atoms with E-state index in [2.05, 4.69) is 5.16 Å². The Morgan fingerprint density at radius 3 is 2.66 bits per heavy atom. The molecule has 0 saturated heterocycles. The Bertz CT molecular complexity index is 894. The molecule has 2 aromatic rings. The SMILES string of the molecule is O=C(C1CCCC1)N(Cc1cccc(F)c1)CC1CC(c2ccc(Cl)cc2)=NO1. The molecule has 4 rings (SSSR count). The molecule has 1 amide bonds. The van der Waals surface area contributed by atoms with Gasteiger partial charge in [0.05, 0.1) is 12.3 Å². The number of hydrogen-bond donors (Lipinski definition) is 0. The van der Waals surface area contributed by atoms with E-state index in [0.717, 1.165) is 42.5 Å². The summed E-state index contributed by atoms with van der Waals surface area (Å²) < 4.78 is 13.6. The van der Waals surface area contributed by atoms with Crippen molar-refractivity contribution in [1.29, 1.82) is 0 Å². The first-order chi connectivity index (χ1) is 14.1. The molecule has 0 aromatic heterocycles. The molecule has 0 N–H and O–H groups in total. The first-order valence-corrected chi connectivity index (χ1v) is 10.5. The van der Waals surface area contributed by atoms with Crippen molar-refractivity contribution in [3.8, 4) is 0 Å². The van der Waals surface area contributed by atoms with E-state index in [9.17, 15) is 9.18 Å². The van der Waals surface area contributed by atoms with E-state index >= 15 is 0 Å². The van der Waals surface area contributed by atoms with Crippen molar-refractivity contribution < 1.29 is 14.0 Å². The molecule has 1 aliphatic carbocycles. The lowest BCUT2D eigenvalue weighted by Gasteiger charge is -2.27. The Hall–Kier alpha value is -2.40. The van der Waals surface area contributed by atoms with Crippen LogP contribution in [-0.4, -0.2) is 29.2 Å². The molecule has 2 aliphatic rings. The van der Waals surface area contributed by atoms with E-state index in [0.29, 0.717) is 24.5 Å². The van der Waals surface area contributed by atoms with Gasteiger partial charge in [0.25, 0.3) is 0 Å². The van der Waals surface area contributed by atoms with Crippen molar-refractivity contribution in [2.75, 3.05) is 6.54 Å². The number of hydrogen-bond acceptors (Lipinski definition) is 3. The summed E-state index contributed by atoms with van der Waals surface area (Å²) in [6.45, 7) is 0.815. The molecule has 1 heterocycles. The minimum atomic E-state index is -0.291. The van der Waals surface area contributed by atoms with Crippen LogP contribution in [0.1, 0.15) is 43.2 Å². The number of nitrogens with zero attached hydrogens (tertiary/aromatic N) is 2. The van der Waals surface area contributed by atoms with Crippen molar-refractivity contribution in [1.82, 2.24) is 4.90 Å². The Morgan fingerprint density at radius 2 is 1.93 bits per heavy atom. The van der Waals surface area contributed by atoms with E-state index in [4.69, 9.17) is 16.4 Å². The van der Waals surface area contributed by atoms with Crippen LogP contribution in [0.3, 0.4) is 0 Å². The van der Waals surface area contributed by atoms with Gasteiger partial charge in [0.2, 0.25) is 5.91 Å². The maximum Gasteiger partial charge on any atom is 0.226 e. The third kappa shape index (κ3) is 4.96. The van der Waals surface area contributed by atoms with E-state index in [1.54, 1.807) is 6.07 Å².